The summed E-state index contributed by atoms with van der Waals surface area (Å²) in [5.41, 5.74) is 1.24. The van der Waals surface area contributed by atoms with Gasteiger partial charge in [0.05, 0.1) is 24.8 Å². The zero-order valence-electron chi connectivity index (χ0n) is 12.5. The molecule has 1 aromatic carbocycles. The summed E-state index contributed by atoms with van der Waals surface area (Å²) in [6.45, 7) is 4.20. The van der Waals surface area contributed by atoms with Gasteiger partial charge in [-0.3, -0.25) is 9.48 Å². The molecule has 0 bridgehead atoms. The standard InChI is InChI=1S/C16H19ClN2O2/c1-4-11(2)19-8-7-13(18-19)10-15(20)14-9-12(17)5-6-16(14)21-3/h5-9,11H,4,10H2,1-3H3. The number of carbonyl (C=O) groups is 1. The molecule has 0 aliphatic rings. The molecule has 21 heavy (non-hydrogen) atoms. The monoisotopic (exact) mass is 306 g/mol. The van der Waals surface area contributed by atoms with E-state index in [0.717, 1.165) is 12.1 Å². The Morgan fingerprint density at radius 1 is 1.43 bits per heavy atom. The van der Waals surface area contributed by atoms with E-state index in [-0.39, 0.29) is 12.2 Å². The lowest BCUT2D eigenvalue weighted by Gasteiger charge is -2.09. The minimum Gasteiger partial charge on any atom is -0.496 e. The van der Waals surface area contributed by atoms with E-state index in [2.05, 4.69) is 18.9 Å². The topological polar surface area (TPSA) is 44.1 Å². The van der Waals surface area contributed by atoms with E-state index < -0.39 is 0 Å². The summed E-state index contributed by atoms with van der Waals surface area (Å²) in [7, 11) is 1.54. The number of carbonyl (C=O) groups excluding carboxylic acids is 1. The van der Waals surface area contributed by atoms with Crippen molar-refractivity contribution in [3.05, 3.63) is 46.7 Å². The predicted molar refractivity (Wildman–Crippen MR) is 83.3 cm³/mol. The van der Waals surface area contributed by atoms with Crippen LogP contribution in [0, 0.1) is 0 Å². The van der Waals surface area contributed by atoms with Crippen LogP contribution in [-0.4, -0.2) is 22.7 Å². The molecule has 2 aromatic rings. The van der Waals surface area contributed by atoms with E-state index in [9.17, 15) is 4.79 Å². The van der Waals surface area contributed by atoms with Gasteiger partial charge in [0, 0.05) is 17.3 Å². The van der Waals surface area contributed by atoms with Gasteiger partial charge in [0.25, 0.3) is 0 Å². The average molecular weight is 307 g/mol. The summed E-state index contributed by atoms with van der Waals surface area (Å²) >= 11 is 5.96. The van der Waals surface area contributed by atoms with Gasteiger partial charge in [-0.15, -0.1) is 0 Å². The number of ether oxygens (including phenoxy) is 1. The van der Waals surface area contributed by atoms with Crippen LogP contribution in [0.2, 0.25) is 5.02 Å². The summed E-state index contributed by atoms with van der Waals surface area (Å²) in [5.74, 6) is 0.481. The highest BCUT2D eigenvalue weighted by molar-refractivity contribution is 6.31. The number of nitrogens with zero attached hydrogens (tertiary/aromatic N) is 2. The highest BCUT2D eigenvalue weighted by Gasteiger charge is 2.15. The molecule has 5 heteroatoms. The van der Waals surface area contributed by atoms with Crippen molar-refractivity contribution >= 4 is 17.4 Å². The van der Waals surface area contributed by atoms with Gasteiger partial charge in [0.2, 0.25) is 0 Å². The largest absolute Gasteiger partial charge is 0.496 e. The third kappa shape index (κ3) is 3.64. The summed E-state index contributed by atoms with van der Waals surface area (Å²) < 4.78 is 7.10. The normalized spacial score (nSPS) is 12.2. The predicted octanol–water partition coefficient (Wildman–Crippen LogP) is 3.94. The second-order valence-corrected chi connectivity index (χ2v) is 5.43. The number of halogens is 1. The van der Waals surface area contributed by atoms with Crippen LogP contribution in [0.3, 0.4) is 0 Å². The molecule has 0 N–H and O–H groups in total. The Bertz CT molecular complexity index is 637. The average Bonchev–Trinajstić information content (AvgIpc) is 2.94. The number of hydrogen-bond acceptors (Lipinski definition) is 3. The molecular formula is C16H19ClN2O2. The Morgan fingerprint density at radius 3 is 2.86 bits per heavy atom. The Labute approximate surface area is 129 Å². The molecule has 0 spiro atoms. The molecule has 2 rings (SSSR count). The van der Waals surface area contributed by atoms with Crippen molar-refractivity contribution in [2.45, 2.75) is 32.7 Å². The molecule has 112 valence electrons. The van der Waals surface area contributed by atoms with Gasteiger partial charge in [0.1, 0.15) is 5.75 Å². The maximum Gasteiger partial charge on any atom is 0.172 e. The van der Waals surface area contributed by atoms with Crippen LogP contribution in [0.1, 0.15) is 42.4 Å². The summed E-state index contributed by atoms with van der Waals surface area (Å²) in [6.07, 6.45) is 3.14. The van der Waals surface area contributed by atoms with E-state index in [1.54, 1.807) is 18.2 Å². The third-order valence-electron chi connectivity index (χ3n) is 3.51. The van der Waals surface area contributed by atoms with Gasteiger partial charge in [0.15, 0.2) is 5.78 Å². The van der Waals surface area contributed by atoms with Crippen LogP contribution in [0.4, 0.5) is 0 Å². The van der Waals surface area contributed by atoms with Gasteiger partial charge < -0.3 is 4.74 Å². The van der Waals surface area contributed by atoms with Crippen LogP contribution >= 0.6 is 11.6 Å². The van der Waals surface area contributed by atoms with Gasteiger partial charge in [-0.25, -0.2) is 0 Å². The van der Waals surface area contributed by atoms with Crippen molar-refractivity contribution in [1.82, 2.24) is 9.78 Å². The van der Waals surface area contributed by atoms with Crippen LogP contribution in [0.15, 0.2) is 30.5 Å². The lowest BCUT2D eigenvalue weighted by molar-refractivity contribution is 0.0988. The molecule has 0 fully saturated rings. The molecular weight excluding hydrogens is 288 g/mol. The SMILES string of the molecule is CCC(C)n1ccc(CC(=O)c2cc(Cl)ccc2OC)n1. The van der Waals surface area contributed by atoms with E-state index in [0.29, 0.717) is 22.4 Å². The fourth-order valence-electron chi connectivity index (χ4n) is 2.06. The van der Waals surface area contributed by atoms with Gasteiger partial charge in [-0.1, -0.05) is 18.5 Å². The lowest BCUT2D eigenvalue weighted by Crippen LogP contribution is -2.08. The van der Waals surface area contributed by atoms with Crippen molar-refractivity contribution < 1.29 is 9.53 Å². The molecule has 0 aliphatic carbocycles. The number of Topliss-reactive ketones (excluding diaryl/α,β-unsaturated/α-hetero) is 1. The second-order valence-electron chi connectivity index (χ2n) is 4.99. The minimum atomic E-state index is -0.0521. The van der Waals surface area contributed by atoms with Crippen molar-refractivity contribution in [3.63, 3.8) is 0 Å². The first-order valence-electron chi connectivity index (χ1n) is 6.96. The van der Waals surface area contributed by atoms with Crippen LogP contribution in [0.25, 0.3) is 0 Å². The number of methoxy groups -OCH3 is 1. The quantitative estimate of drug-likeness (QED) is 0.759. The Balaban J connectivity index is 2.18. The number of rotatable bonds is 6. The molecule has 1 aromatic heterocycles. The molecule has 1 unspecified atom stereocenters. The maximum atomic E-state index is 12.4. The van der Waals surface area contributed by atoms with Gasteiger partial charge in [-0.2, -0.15) is 5.10 Å². The van der Waals surface area contributed by atoms with Gasteiger partial charge in [-0.05, 0) is 37.6 Å². The molecule has 0 saturated heterocycles. The maximum absolute atomic E-state index is 12.4. The molecule has 0 amide bonds. The first-order chi connectivity index (χ1) is 10.0. The highest BCUT2D eigenvalue weighted by atomic mass is 35.5. The van der Waals surface area contributed by atoms with Crippen molar-refractivity contribution in [3.8, 4) is 5.75 Å². The zero-order valence-corrected chi connectivity index (χ0v) is 13.2. The van der Waals surface area contributed by atoms with Gasteiger partial charge >= 0.3 is 0 Å². The minimum absolute atomic E-state index is 0.0521. The molecule has 1 atom stereocenters. The van der Waals surface area contributed by atoms with Crippen LogP contribution in [-0.2, 0) is 6.42 Å². The third-order valence-corrected chi connectivity index (χ3v) is 3.74. The Hall–Kier alpha value is -1.81. The fraction of sp³-hybridized carbons (Fsp3) is 0.375. The first kappa shape index (κ1) is 15.6. The second kappa shape index (κ2) is 6.76. The van der Waals surface area contributed by atoms with Crippen molar-refractivity contribution in [2.75, 3.05) is 7.11 Å². The molecule has 0 saturated carbocycles. The first-order valence-corrected chi connectivity index (χ1v) is 7.33. The number of hydrogen-bond donors (Lipinski definition) is 0. The molecule has 0 aliphatic heterocycles. The summed E-state index contributed by atoms with van der Waals surface area (Å²) in [4.78, 5) is 12.4. The van der Waals surface area contributed by atoms with Crippen molar-refractivity contribution in [2.24, 2.45) is 0 Å². The zero-order chi connectivity index (χ0) is 15.4. The van der Waals surface area contributed by atoms with E-state index in [1.165, 1.54) is 7.11 Å². The van der Waals surface area contributed by atoms with E-state index in [4.69, 9.17) is 16.3 Å². The van der Waals surface area contributed by atoms with Crippen LogP contribution in [0.5, 0.6) is 5.75 Å². The molecule has 4 nitrogen and oxygen atoms in total. The summed E-state index contributed by atoms with van der Waals surface area (Å²) in [5, 5.41) is 4.96. The van der Waals surface area contributed by atoms with Crippen molar-refractivity contribution in [1.29, 1.82) is 0 Å². The molecule has 0 radical (unpaired) electrons. The number of aromatic nitrogens is 2. The Morgan fingerprint density at radius 2 is 2.19 bits per heavy atom. The number of benzene rings is 1. The van der Waals surface area contributed by atoms with E-state index in [1.807, 2.05) is 16.9 Å². The van der Waals surface area contributed by atoms with Crippen LogP contribution < -0.4 is 4.74 Å². The lowest BCUT2D eigenvalue weighted by atomic mass is 10.1. The molecule has 1 heterocycles. The summed E-state index contributed by atoms with van der Waals surface area (Å²) in [6, 6.07) is 7.24. The number of ketones is 1. The fourth-order valence-corrected chi connectivity index (χ4v) is 2.23. The van der Waals surface area contributed by atoms with E-state index >= 15 is 0 Å². The Kier molecular flexibility index (Phi) is 5.02. The highest BCUT2D eigenvalue weighted by Crippen LogP contribution is 2.24. The smallest absolute Gasteiger partial charge is 0.172 e.